The summed E-state index contributed by atoms with van der Waals surface area (Å²) in [7, 11) is -0.946. The highest BCUT2D eigenvalue weighted by Gasteiger charge is 2.48. The number of hydrogen-bond donors (Lipinski definition) is 2. The van der Waals surface area contributed by atoms with E-state index in [2.05, 4.69) is 17.0 Å². The van der Waals surface area contributed by atoms with Gasteiger partial charge in [-0.1, -0.05) is 6.92 Å². The van der Waals surface area contributed by atoms with Gasteiger partial charge in [-0.15, -0.1) is 0 Å². The molecule has 18 heavy (non-hydrogen) atoms. The second-order valence-corrected chi connectivity index (χ2v) is 9.10. The Morgan fingerprint density at radius 2 is 1.83 bits per heavy atom. The van der Waals surface area contributed by atoms with Crippen LogP contribution in [0.4, 0.5) is 0 Å². The van der Waals surface area contributed by atoms with Crippen LogP contribution in [0.1, 0.15) is 53.4 Å². The highest BCUT2D eigenvalue weighted by atomic mass is 32.2. The Bertz CT molecular complexity index is 313. The number of rotatable bonds is 2. The summed E-state index contributed by atoms with van der Waals surface area (Å²) in [6.45, 7) is 10.7. The molecular formula is C14H28N2OS. The van der Waals surface area contributed by atoms with Gasteiger partial charge < -0.3 is 5.32 Å². The van der Waals surface area contributed by atoms with E-state index in [9.17, 15) is 4.21 Å². The van der Waals surface area contributed by atoms with Gasteiger partial charge in [0.25, 0.3) is 0 Å². The smallest absolute Gasteiger partial charge is 0.0973 e. The molecule has 1 unspecified atom stereocenters. The minimum atomic E-state index is -0.946. The van der Waals surface area contributed by atoms with Crippen molar-refractivity contribution in [1.29, 1.82) is 0 Å². The maximum absolute atomic E-state index is 12.4. The molecule has 1 saturated carbocycles. The summed E-state index contributed by atoms with van der Waals surface area (Å²) in [5, 5.41) is 3.45. The van der Waals surface area contributed by atoms with Gasteiger partial charge in [0, 0.05) is 6.04 Å². The summed E-state index contributed by atoms with van der Waals surface area (Å²) in [5.74, 6) is 0.648. The second-order valence-electron chi connectivity index (χ2n) is 7.10. The molecule has 0 aromatic heterocycles. The average Bonchev–Trinajstić information content (AvgIpc) is 2.58. The van der Waals surface area contributed by atoms with Crippen LogP contribution in [0.3, 0.4) is 0 Å². The Labute approximate surface area is 114 Å². The summed E-state index contributed by atoms with van der Waals surface area (Å²) in [5.41, 5.74) is 0.394. The molecule has 0 aromatic rings. The van der Waals surface area contributed by atoms with Gasteiger partial charge >= 0.3 is 0 Å². The summed E-state index contributed by atoms with van der Waals surface area (Å²) in [6.07, 6.45) is 5.04. The molecule has 2 fully saturated rings. The minimum Gasteiger partial charge on any atom is -0.317 e. The highest BCUT2D eigenvalue weighted by molar-refractivity contribution is 7.84. The molecule has 1 saturated heterocycles. The lowest BCUT2D eigenvalue weighted by Crippen LogP contribution is -2.52. The number of piperidine rings is 1. The summed E-state index contributed by atoms with van der Waals surface area (Å²) in [4.78, 5) is 0. The van der Waals surface area contributed by atoms with E-state index in [1.807, 2.05) is 20.8 Å². The molecule has 1 aliphatic heterocycles. The van der Waals surface area contributed by atoms with Gasteiger partial charge in [0.05, 0.1) is 15.7 Å². The fraction of sp³-hybridized carbons (Fsp3) is 1.00. The molecule has 0 amide bonds. The zero-order valence-electron chi connectivity index (χ0n) is 12.2. The lowest BCUT2D eigenvalue weighted by atomic mass is 9.74. The van der Waals surface area contributed by atoms with Gasteiger partial charge in [0.2, 0.25) is 0 Å². The van der Waals surface area contributed by atoms with E-state index in [-0.39, 0.29) is 4.75 Å². The molecule has 3 nitrogen and oxygen atoms in total. The van der Waals surface area contributed by atoms with Gasteiger partial charge in [-0.25, -0.2) is 8.93 Å². The summed E-state index contributed by atoms with van der Waals surface area (Å²) in [6, 6.07) is 0.430. The second kappa shape index (κ2) is 5.22. The predicted molar refractivity (Wildman–Crippen MR) is 77.8 cm³/mol. The van der Waals surface area contributed by atoms with Crippen LogP contribution in [0.15, 0.2) is 0 Å². The molecule has 0 aromatic carbocycles. The van der Waals surface area contributed by atoms with Crippen molar-refractivity contribution in [1.82, 2.24) is 10.0 Å². The van der Waals surface area contributed by atoms with Gasteiger partial charge in [0.1, 0.15) is 0 Å². The quantitative estimate of drug-likeness (QED) is 0.809. The van der Waals surface area contributed by atoms with E-state index in [0.29, 0.717) is 17.4 Å². The molecule has 0 bridgehead atoms. The largest absolute Gasteiger partial charge is 0.317 e. The van der Waals surface area contributed by atoms with Crippen LogP contribution in [0, 0.1) is 11.3 Å². The normalized spacial score (nSPS) is 33.8. The maximum Gasteiger partial charge on any atom is 0.0973 e. The van der Waals surface area contributed by atoms with Crippen LogP contribution in [0.2, 0.25) is 0 Å². The molecule has 1 aliphatic carbocycles. The summed E-state index contributed by atoms with van der Waals surface area (Å²) < 4.78 is 15.7. The van der Waals surface area contributed by atoms with Crippen molar-refractivity contribution in [3.05, 3.63) is 0 Å². The van der Waals surface area contributed by atoms with E-state index in [4.69, 9.17) is 0 Å². The third-order valence-corrected chi connectivity index (χ3v) is 6.30. The van der Waals surface area contributed by atoms with Crippen LogP contribution in [0.25, 0.3) is 0 Å². The monoisotopic (exact) mass is 272 g/mol. The molecule has 4 heteroatoms. The highest BCUT2D eigenvalue weighted by Crippen LogP contribution is 2.48. The topological polar surface area (TPSA) is 41.1 Å². The Morgan fingerprint density at radius 3 is 2.39 bits per heavy atom. The zero-order valence-corrected chi connectivity index (χ0v) is 13.0. The van der Waals surface area contributed by atoms with Gasteiger partial charge in [0.15, 0.2) is 0 Å². The molecular weight excluding hydrogens is 244 g/mol. The SMILES string of the molecule is CC1CCC2(CCNCC2)[C@@H]1N[S@](=O)C(C)(C)C. The van der Waals surface area contributed by atoms with Crippen LogP contribution in [-0.2, 0) is 11.0 Å². The van der Waals surface area contributed by atoms with Gasteiger partial charge in [-0.3, -0.25) is 0 Å². The van der Waals surface area contributed by atoms with E-state index >= 15 is 0 Å². The standard InChI is InChI=1S/C14H28N2OS/c1-11-5-6-14(7-9-15-10-8-14)12(11)16-18(17)13(2,3)4/h11-12,15-16H,5-10H2,1-4H3/t11?,12-,18-/m1/s1. The van der Waals surface area contributed by atoms with E-state index in [1.54, 1.807) is 0 Å². The Kier molecular flexibility index (Phi) is 4.20. The first-order valence-corrected chi connectivity index (χ1v) is 8.39. The minimum absolute atomic E-state index is 0.170. The zero-order chi connectivity index (χ0) is 13.4. The van der Waals surface area contributed by atoms with Crippen molar-refractivity contribution in [2.75, 3.05) is 13.1 Å². The molecule has 0 radical (unpaired) electrons. The van der Waals surface area contributed by atoms with Crippen molar-refractivity contribution < 1.29 is 4.21 Å². The Balaban J connectivity index is 2.10. The molecule has 3 atom stereocenters. The Hall–Kier alpha value is 0.0700. The average molecular weight is 272 g/mol. The van der Waals surface area contributed by atoms with E-state index in [0.717, 1.165) is 13.1 Å². The predicted octanol–water partition coefficient (Wildman–Crippen LogP) is 2.21. The van der Waals surface area contributed by atoms with Crippen LogP contribution in [-0.4, -0.2) is 28.1 Å². The van der Waals surface area contributed by atoms with E-state index < -0.39 is 11.0 Å². The Morgan fingerprint density at radius 1 is 1.22 bits per heavy atom. The van der Waals surface area contributed by atoms with Crippen LogP contribution in [0.5, 0.6) is 0 Å². The first-order chi connectivity index (χ1) is 8.35. The lowest BCUT2D eigenvalue weighted by Gasteiger charge is -2.41. The lowest BCUT2D eigenvalue weighted by molar-refractivity contribution is 0.163. The third kappa shape index (κ3) is 2.81. The first kappa shape index (κ1) is 14.5. The van der Waals surface area contributed by atoms with Crippen molar-refractivity contribution in [3.63, 3.8) is 0 Å². The molecule has 2 N–H and O–H groups in total. The van der Waals surface area contributed by atoms with Gasteiger partial charge in [-0.05, 0) is 70.9 Å². The molecule has 2 aliphatic rings. The molecule has 2 rings (SSSR count). The maximum atomic E-state index is 12.4. The van der Waals surface area contributed by atoms with Crippen molar-refractivity contribution in [2.24, 2.45) is 11.3 Å². The third-order valence-electron chi connectivity index (χ3n) is 4.72. The molecule has 106 valence electrons. The van der Waals surface area contributed by atoms with E-state index in [1.165, 1.54) is 25.7 Å². The van der Waals surface area contributed by atoms with Gasteiger partial charge in [-0.2, -0.15) is 0 Å². The van der Waals surface area contributed by atoms with Crippen LogP contribution >= 0.6 is 0 Å². The van der Waals surface area contributed by atoms with Crippen molar-refractivity contribution in [3.8, 4) is 0 Å². The number of hydrogen-bond acceptors (Lipinski definition) is 2. The fourth-order valence-corrected chi connectivity index (χ4v) is 4.53. The molecule has 1 spiro atoms. The molecule has 1 heterocycles. The van der Waals surface area contributed by atoms with Crippen LogP contribution < -0.4 is 10.0 Å². The first-order valence-electron chi connectivity index (χ1n) is 7.24. The summed E-state index contributed by atoms with van der Waals surface area (Å²) >= 11 is 0. The fourth-order valence-electron chi connectivity index (χ4n) is 3.46. The van der Waals surface area contributed by atoms with Crippen molar-refractivity contribution >= 4 is 11.0 Å². The number of nitrogens with one attached hydrogen (secondary N) is 2. The van der Waals surface area contributed by atoms with Crippen molar-refractivity contribution in [2.45, 2.75) is 64.2 Å².